The third-order valence-corrected chi connectivity index (χ3v) is 3.85. The number of methoxy groups -OCH3 is 2. The number of carbonyl (C=O) groups is 1. The first kappa shape index (κ1) is 17.6. The Hall–Kier alpha value is -1.46. The molecule has 0 aliphatic heterocycles. The summed E-state index contributed by atoms with van der Waals surface area (Å²) in [5, 5.41) is 2.94. The summed E-state index contributed by atoms with van der Waals surface area (Å²) < 4.78 is 10.5. The van der Waals surface area contributed by atoms with Crippen molar-refractivity contribution in [3.63, 3.8) is 0 Å². The van der Waals surface area contributed by atoms with Crippen LogP contribution in [0.1, 0.15) is 24.8 Å². The number of benzene rings is 1. The van der Waals surface area contributed by atoms with Gasteiger partial charge in [-0.05, 0) is 25.0 Å². The van der Waals surface area contributed by atoms with Crippen LogP contribution in [0, 0.1) is 5.92 Å². The fourth-order valence-electron chi connectivity index (χ4n) is 2.63. The molecule has 0 radical (unpaired) electrons. The van der Waals surface area contributed by atoms with E-state index in [4.69, 9.17) is 15.2 Å². The van der Waals surface area contributed by atoms with E-state index in [1.165, 1.54) is 0 Å². The van der Waals surface area contributed by atoms with Crippen LogP contribution in [-0.2, 0) is 11.3 Å². The first-order valence-electron chi connectivity index (χ1n) is 6.90. The highest BCUT2D eigenvalue weighted by molar-refractivity contribution is 5.85. The van der Waals surface area contributed by atoms with Crippen LogP contribution in [0.3, 0.4) is 0 Å². The van der Waals surface area contributed by atoms with Crippen LogP contribution >= 0.6 is 12.4 Å². The van der Waals surface area contributed by atoms with Gasteiger partial charge in [0.05, 0.1) is 20.1 Å². The number of halogens is 1. The number of amides is 1. The molecule has 118 valence electrons. The summed E-state index contributed by atoms with van der Waals surface area (Å²) in [4.78, 5) is 12.1. The number of hydrogen-bond donors (Lipinski definition) is 2. The Balaban J connectivity index is 0.00000220. The number of hydrogen-bond acceptors (Lipinski definition) is 4. The molecule has 1 aromatic carbocycles. The molecule has 2 atom stereocenters. The van der Waals surface area contributed by atoms with Gasteiger partial charge in [0.2, 0.25) is 5.91 Å². The normalized spacial score (nSPS) is 20.5. The molecule has 1 aliphatic rings. The van der Waals surface area contributed by atoms with Crippen LogP contribution in [0.2, 0.25) is 0 Å². The zero-order chi connectivity index (χ0) is 14.5. The molecule has 0 spiro atoms. The Morgan fingerprint density at radius 2 is 2.10 bits per heavy atom. The molecule has 0 heterocycles. The van der Waals surface area contributed by atoms with Crippen molar-refractivity contribution < 1.29 is 14.3 Å². The monoisotopic (exact) mass is 314 g/mol. The van der Waals surface area contributed by atoms with Gasteiger partial charge in [-0.3, -0.25) is 4.79 Å². The molecular weight excluding hydrogens is 292 g/mol. The number of carbonyl (C=O) groups excluding carboxylic acids is 1. The summed E-state index contributed by atoms with van der Waals surface area (Å²) in [6.45, 7) is 0.440. The molecular formula is C15H23ClN2O3. The van der Waals surface area contributed by atoms with E-state index in [9.17, 15) is 4.79 Å². The van der Waals surface area contributed by atoms with Gasteiger partial charge in [0.25, 0.3) is 0 Å². The highest BCUT2D eigenvalue weighted by Crippen LogP contribution is 2.26. The van der Waals surface area contributed by atoms with E-state index in [1.54, 1.807) is 14.2 Å². The lowest BCUT2D eigenvalue weighted by molar-refractivity contribution is -0.125. The summed E-state index contributed by atoms with van der Waals surface area (Å²) in [5.74, 6) is 1.42. The average Bonchev–Trinajstić information content (AvgIpc) is 2.90. The lowest BCUT2D eigenvalue weighted by Crippen LogP contribution is -2.38. The molecule has 0 bridgehead atoms. The number of ether oxygens (including phenoxy) is 2. The van der Waals surface area contributed by atoms with Crippen molar-refractivity contribution in [2.24, 2.45) is 11.7 Å². The van der Waals surface area contributed by atoms with Gasteiger partial charge < -0.3 is 20.5 Å². The van der Waals surface area contributed by atoms with Crippen LogP contribution < -0.4 is 20.5 Å². The molecule has 2 rings (SSSR count). The van der Waals surface area contributed by atoms with Crippen LogP contribution in [0.15, 0.2) is 18.2 Å². The van der Waals surface area contributed by atoms with E-state index in [1.807, 2.05) is 18.2 Å². The molecule has 1 amide bonds. The maximum atomic E-state index is 12.1. The van der Waals surface area contributed by atoms with Crippen molar-refractivity contribution >= 4 is 18.3 Å². The summed E-state index contributed by atoms with van der Waals surface area (Å²) in [5.41, 5.74) is 6.87. The molecule has 6 heteroatoms. The largest absolute Gasteiger partial charge is 0.497 e. The van der Waals surface area contributed by atoms with Crippen molar-refractivity contribution in [2.45, 2.75) is 31.8 Å². The predicted molar refractivity (Wildman–Crippen MR) is 84.0 cm³/mol. The van der Waals surface area contributed by atoms with Crippen LogP contribution in [0.25, 0.3) is 0 Å². The number of rotatable bonds is 5. The van der Waals surface area contributed by atoms with Gasteiger partial charge in [0, 0.05) is 24.2 Å². The van der Waals surface area contributed by atoms with Gasteiger partial charge in [-0.2, -0.15) is 0 Å². The van der Waals surface area contributed by atoms with Crippen molar-refractivity contribution in [1.82, 2.24) is 5.32 Å². The Kier molecular flexibility index (Phi) is 6.78. The minimum absolute atomic E-state index is 0. The van der Waals surface area contributed by atoms with Crippen molar-refractivity contribution in [3.05, 3.63) is 23.8 Å². The molecule has 3 N–H and O–H groups in total. The molecule has 1 aromatic rings. The van der Waals surface area contributed by atoms with E-state index >= 15 is 0 Å². The van der Waals surface area contributed by atoms with Crippen molar-refractivity contribution in [3.8, 4) is 11.5 Å². The van der Waals surface area contributed by atoms with Gasteiger partial charge in [-0.15, -0.1) is 12.4 Å². The molecule has 5 nitrogen and oxygen atoms in total. The van der Waals surface area contributed by atoms with E-state index < -0.39 is 0 Å². The molecule has 1 aliphatic carbocycles. The SMILES string of the molecule is COc1ccc(CNC(=O)C2CCCC2N)c(OC)c1.Cl. The Morgan fingerprint density at radius 3 is 2.67 bits per heavy atom. The Labute approximate surface area is 131 Å². The summed E-state index contributed by atoms with van der Waals surface area (Å²) in [6, 6.07) is 5.55. The smallest absolute Gasteiger partial charge is 0.224 e. The Morgan fingerprint density at radius 1 is 1.33 bits per heavy atom. The first-order chi connectivity index (χ1) is 9.65. The molecule has 21 heavy (non-hydrogen) atoms. The molecule has 1 fully saturated rings. The van der Waals surface area contributed by atoms with Gasteiger partial charge in [-0.1, -0.05) is 6.42 Å². The fraction of sp³-hybridized carbons (Fsp3) is 0.533. The minimum Gasteiger partial charge on any atom is -0.497 e. The van der Waals surface area contributed by atoms with E-state index in [2.05, 4.69) is 5.32 Å². The third kappa shape index (κ3) is 4.25. The molecule has 0 saturated heterocycles. The maximum absolute atomic E-state index is 12.1. The second kappa shape index (κ2) is 8.10. The van der Waals surface area contributed by atoms with E-state index in [-0.39, 0.29) is 30.3 Å². The van der Waals surface area contributed by atoms with Crippen molar-refractivity contribution in [2.75, 3.05) is 14.2 Å². The highest BCUT2D eigenvalue weighted by atomic mass is 35.5. The van der Waals surface area contributed by atoms with Crippen LogP contribution in [0.5, 0.6) is 11.5 Å². The second-order valence-corrected chi connectivity index (χ2v) is 5.10. The van der Waals surface area contributed by atoms with Gasteiger partial charge in [0.15, 0.2) is 0 Å². The third-order valence-electron chi connectivity index (χ3n) is 3.85. The summed E-state index contributed by atoms with van der Waals surface area (Å²) in [7, 11) is 3.21. The van der Waals surface area contributed by atoms with E-state index in [0.717, 1.165) is 30.6 Å². The lowest BCUT2D eigenvalue weighted by Gasteiger charge is -2.16. The van der Waals surface area contributed by atoms with Gasteiger partial charge in [-0.25, -0.2) is 0 Å². The summed E-state index contributed by atoms with van der Waals surface area (Å²) >= 11 is 0. The maximum Gasteiger partial charge on any atom is 0.224 e. The van der Waals surface area contributed by atoms with Gasteiger partial charge in [0.1, 0.15) is 11.5 Å². The van der Waals surface area contributed by atoms with Crippen LogP contribution in [0.4, 0.5) is 0 Å². The number of nitrogens with one attached hydrogen (secondary N) is 1. The first-order valence-corrected chi connectivity index (χ1v) is 6.90. The predicted octanol–water partition coefficient (Wildman–Crippen LogP) is 1.87. The quantitative estimate of drug-likeness (QED) is 0.870. The molecule has 2 unspecified atom stereocenters. The highest BCUT2D eigenvalue weighted by Gasteiger charge is 2.29. The second-order valence-electron chi connectivity index (χ2n) is 5.10. The average molecular weight is 315 g/mol. The standard InChI is InChI=1S/C15H22N2O3.ClH/c1-19-11-7-6-10(14(8-11)20-2)9-17-15(18)12-4-3-5-13(12)16;/h6-8,12-13H,3-5,9,16H2,1-2H3,(H,17,18);1H. The number of nitrogens with two attached hydrogens (primary N) is 1. The lowest BCUT2D eigenvalue weighted by atomic mass is 10.0. The van der Waals surface area contributed by atoms with E-state index in [0.29, 0.717) is 12.3 Å². The zero-order valence-electron chi connectivity index (χ0n) is 12.4. The van der Waals surface area contributed by atoms with Crippen molar-refractivity contribution in [1.29, 1.82) is 0 Å². The summed E-state index contributed by atoms with van der Waals surface area (Å²) in [6.07, 6.45) is 2.85. The fourth-order valence-corrected chi connectivity index (χ4v) is 2.63. The Bertz CT molecular complexity index is 482. The van der Waals surface area contributed by atoms with Crippen LogP contribution in [-0.4, -0.2) is 26.2 Å². The molecule has 1 saturated carbocycles. The molecule has 0 aromatic heterocycles. The topological polar surface area (TPSA) is 73.6 Å². The van der Waals surface area contributed by atoms with Gasteiger partial charge >= 0.3 is 0 Å². The minimum atomic E-state index is -0.0563. The zero-order valence-corrected chi connectivity index (χ0v) is 13.2.